The molecule has 5 heterocycles. The van der Waals surface area contributed by atoms with Gasteiger partial charge in [0, 0.05) is 58.1 Å². The van der Waals surface area contributed by atoms with Crippen molar-refractivity contribution in [1.82, 2.24) is 28.7 Å². The van der Waals surface area contributed by atoms with Gasteiger partial charge in [0.05, 0.1) is 38.8 Å². The Kier molecular flexibility index (Phi) is 6.50. The van der Waals surface area contributed by atoms with Crippen molar-refractivity contribution in [2.75, 3.05) is 0 Å². The van der Waals surface area contributed by atoms with Crippen molar-refractivity contribution in [2.24, 2.45) is 0 Å². The third kappa shape index (κ3) is 4.39. The molecular weight excluding hydrogens is 729 g/mol. The number of aromatic nitrogens is 6. The van der Waals surface area contributed by atoms with Crippen LogP contribution in [0, 0.1) is 0 Å². The third-order valence-corrected chi connectivity index (χ3v) is 12.9. The summed E-state index contributed by atoms with van der Waals surface area (Å²) in [4.78, 5) is 16.1. The zero-order valence-electron chi connectivity index (χ0n) is 30.9. The molecule has 270 valence electrons. The van der Waals surface area contributed by atoms with E-state index in [1.165, 1.54) is 30.9 Å². The number of fused-ring (bicyclic) bond motifs is 12. The minimum atomic E-state index is 0.564. The topological polar surface area (TPSA) is 53.5 Å². The number of hydrogen-bond donors (Lipinski definition) is 0. The van der Waals surface area contributed by atoms with Crippen molar-refractivity contribution in [1.29, 1.82) is 0 Å². The van der Waals surface area contributed by atoms with E-state index in [2.05, 4.69) is 196 Å². The van der Waals surface area contributed by atoms with Crippen LogP contribution in [0.4, 0.5) is 0 Å². The molecule has 13 rings (SSSR count). The highest BCUT2D eigenvalue weighted by Gasteiger charge is 2.22. The van der Waals surface area contributed by atoms with Gasteiger partial charge in [-0.05, 0) is 54.6 Å². The number of nitrogens with zero attached hydrogens (tertiary/aromatic N) is 6. The van der Waals surface area contributed by atoms with Crippen LogP contribution in [-0.4, -0.2) is 28.7 Å². The Hall–Kier alpha value is -7.61. The first-order chi connectivity index (χ1) is 28.8. The van der Waals surface area contributed by atoms with E-state index < -0.39 is 0 Å². The van der Waals surface area contributed by atoms with Gasteiger partial charge < -0.3 is 4.57 Å². The Morgan fingerprint density at radius 1 is 0.328 bits per heavy atom. The molecule has 58 heavy (non-hydrogen) atoms. The summed E-state index contributed by atoms with van der Waals surface area (Å²) in [5.41, 5.74) is 8.49. The maximum absolute atomic E-state index is 5.38. The van der Waals surface area contributed by atoms with Crippen molar-refractivity contribution in [3.8, 4) is 29.0 Å². The molecule has 0 bridgehead atoms. The Balaban J connectivity index is 1.13. The first-order valence-electron chi connectivity index (χ1n) is 19.5. The maximum Gasteiger partial charge on any atom is 0.240 e. The number of rotatable bonds is 4. The summed E-state index contributed by atoms with van der Waals surface area (Å²) in [6.45, 7) is 0. The van der Waals surface area contributed by atoms with Crippen LogP contribution in [0.15, 0.2) is 182 Å². The number of hydrogen-bond acceptors (Lipinski definition) is 4. The SMILES string of the molecule is c1ccc2c(c1)sc1cccc(-n3c4ccccc4c4ccc(-c5nc(-n6c7ccccc7c7ccccc76)nc(-n6c7ccccc7c7ccccc76)n5)cc43)c12. The highest BCUT2D eigenvalue weighted by Crippen LogP contribution is 2.42. The van der Waals surface area contributed by atoms with Crippen LogP contribution in [0.25, 0.3) is 115 Å². The molecule has 0 amide bonds. The van der Waals surface area contributed by atoms with E-state index in [-0.39, 0.29) is 0 Å². The van der Waals surface area contributed by atoms with Crippen LogP contribution < -0.4 is 0 Å². The minimum Gasteiger partial charge on any atom is -0.309 e. The summed E-state index contributed by atoms with van der Waals surface area (Å²) < 4.78 is 9.35. The van der Waals surface area contributed by atoms with Crippen molar-refractivity contribution < 1.29 is 0 Å². The van der Waals surface area contributed by atoms with Crippen molar-refractivity contribution >= 4 is 96.9 Å². The van der Waals surface area contributed by atoms with Crippen LogP contribution in [0.2, 0.25) is 0 Å². The Morgan fingerprint density at radius 2 is 0.759 bits per heavy atom. The number of para-hydroxylation sites is 5. The first-order valence-corrected chi connectivity index (χ1v) is 20.3. The van der Waals surface area contributed by atoms with Crippen molar-refractivity contribution in [3.05, 3.63) is 182 Å². The fourth-order valence-electron chi connectivity index (χ4n) is 9.27. The Bertz CT molecular complexity index is 3590. The molecule has 0 aliphatic heterocycles. The molecule has 5 aromatic heterocycles. The van der Waals surface area contributed by atoms with Crippen LogP contribution in [0.1, 0.15) is 0 Å². The predicted molar refractivity (Wildman–Crippen MR) is 241 cm³/mol. The quantitative estimate of drug-likeness (QED) is 0.180. The smallest absolute Gasteiger partial charge is 0.240 e. The molecular formula is C51H30N6S. The predicted octanol–water partition coefficient (Wildman–Crippen LogP) is 13.2. The summed E-state index contributed by atoms with van der Waals surface area (Å²) in [6, 6.07) is 64.8. The van der Waals surface area contributed by atoms with E-state index in [0.717, 1.165) is 65.9 Å². The minimum absolute atomic E-state index is 0.564. The standard InChI is InChI=1S/C51H30N6S/c1-7-20-39-36(18-1)37-29-28-31(30-45(37)55(39)44-25-13-27-47-48(44)38-19-6-12-26-46(38)58-47)49-52-50(56-40-21-8-2-14-32(40)33-15-3-9-22-41(33)56)54-51(53-49)57-42-23-10-4-16-34(42)35-17-5-11-24-43(35)57/h1-30H. The monoisotopic (exact) mass is 758 g/mol. The molecule has 13 aromatic rings. The summed E-state index contributed by atoms with van der Waals surface area (Å²) in [6.07, 6.45) is 0. The Morgan fingerprint density at radius 3 is 1.29 bits per heavy atom. The van der Waals surface area contributed by atoms with Crippen LogP contribution >= 0.6 is 11.3 Å². The largest absolute Gasteiger partial charge is 0.309 e. The van der Waals surface area contributed by atoms with E-state index in [1.54, 1.807) is 0 Å². The zero-order chi connectivity index (χ0) is 37.9. The molecule has 0 radical (unpaired) electrons. The molecule has 0 spiro atoms. The van der Waals surface area contributed by atoms with E-state index in [4.69, 9.17) is 15.0 Å². The second-order valence-corrected chi connectivity index (χ2v) is 15.9. The summed E-state index contributed by atoms with van der Waals surface area (Å²) >= 11 is 1.84. The third-order valence-electron chi connectivity index (χ3n) is 11.7. The molecule has 0 atom stereocenters. The fourth-order valence-corrected chi connectivity index (χ4v) is 10.4. The molecule has 0 N–H and O–H groups in total. The molecule has 0 saturated carbocycles. The lowest BCUT2D eigenvalue weighted by Gasteiger charge is -2.13. The van der Waals surface area contributed by atoms with Gasteiger partial charge in [-0.15, -0.1) is 11.3 Å². The van der Waals surface area contributed by atoms with Crippen molar-refractivity contribution in [2.45, 2.75) is 0 Å². The van der Waals surface area contributed by atoms with E-state index in [9.17, 15) is 0 Å². The summed E-state index contributed by atoms with van der Waals surface area (Å²) in [5, 5.41) is 9.52. The van der Waals surface area contributed by atoms with Crippen LogP contribution in [0.3, 0.4) is 0 Å². The average Bonchev–Trinajstić information content (AvgIpc) is 4.02. The van der Waals surface area contributed by atoms with Gasteiger partial charge >= 0.3 is 0 Å². The van der Waals surface area contributed by atoms with Crippen molar-refractivity contribution in [3.63, 3.8) is 0 Å². The highest BCUT2D eigenvalue weighted by molar-refractivity contribution is 7.25. The van der Waals surface area contributed by atoms with Gasteiger partial charge in [0.1, 0.15) is 0 Å². The molecule has 6 nitrogen and oxygen atoms in total. The van der Waals surface area contributed by atoms with Gasteiger partial charge in [-0.3, -0.25) is 9.13 Å². The second kappa shape index (κ2) is 11.9. The number of thiophene rings is 1. The second-order valence-electron chi connectivity index (χ2n) is 14.8. The van der Waals surface area contributed by atoms with Gasteiger partial charge in [0.15, 0.2) is 5.82 Å². The lowest BCUT2D eigenvalue weighted by molar-refractivity contribution is 0.893. The molecule has 0 saturated heterocycles. The Labute approximate surface area is 335 Å². The molecule has 8 aromatic carbocycles. The molecule has 7 heteroatoms. The molecule has 0 fully saturated rings. The average molecular weight is 759 g/mol. The summed E-state index contributed by atoms with van der Waals surface area (Å²) in [5.74, 6) is 1.73. The van der Waals surface area contributed by atoms with E-state index in [1.807, 2.05) is 11.3 Å². The first kappa shape index (κ1) is 31.6. The van der Waals surface area contributed by atoms with E-state index >= 15 is 0 Å². The summed E-state index contributed by atoms with van der Waals surface area (Å²) in [7, 11) is 0. The van der Waals surface area contributed by atoms with Gasteiger partial charge in [-0.25, -0.2) is 0 Å². The molecule has 0 unspecified atom stereocenters. The van der Waals surface area contributed by atoms with Gasteiger partial charge in [0.2, 0.25) is 11.9 Å². The highest BCUT2D eigenvalue weighted by atomic mass is 32.1. The van der Waals surface area contributed by atoms with Gasteiger partial charge in [-0.2, -0.15) is 15.0 Å². The maximum atomic E-state index is 5.38. The normalized spacial score (nSPS) is 12.1. The zero-order valence-corrected chi connectivity index (χ0v) is 31.7. The number of benzene rings is 8. The van der Waals surface area contributed by atoms with E-state index in [0.29, 0.717) is 17.7 Å². The van der Waals surface area contributed by atoms with Gasteiger partial charge in [0.25, 0.3) is 0 Å². The lowest BCUT2D eigenvalue weighted by Crippen LogP contribution is -2.10. The van der Waals surface area contributed by atoms with Crippen LogP contribution in [0.5, 0.6) is 0 Å². The fraction of sp³-hybridized carbons (Fsp3) is 0. The lowest BCUT2D eigenvalue weighted by atomic mass is 10.1. The van der Waals surface area contributed by atoms with Gasteiger partial charge in [-0.1, -0.05) is 127 Å². The molecule has 0 aliphatic carbocycles. The molecule has 0 aliphatic rings. The van der Waals surface area contributed by atoms with Crippen LogP contribution in [-0.2, 0) is 0 Å².